The molecule has 0 bridgehead atoms. The number of rotatable bonds is 7. The van der Waals surface area contributed by atoms with E-state index in [1.165, 1.54) is 4.90 Å². The van der Waals surface area contributed by atoms with Crippen molar-refractivity contribution in [3.05, 3.63) is 42.0 Å². The third-order valence-electron chi connectivity index (χ3n) is 6.22. The predicted molar refractivity (Wildman–Crippen MR) is 116 cm³/mol. The molecule has 10 nitrogen and oxygen atoms in total. The largest absolute Gasteiger partial charge is 0.483 e. The second-order valence-corrected chi connectivity index (χ2v) is 8.50. The minimum absolute atomic E-state index is 0.111. The van der Waals surface area contributed by atoms with Crippen molar-refractivity contribution in [2.45, 2.75) is 38.4 Å². The molecule has 2 saturated heterocycles. The molecule has 33 heavy (non-hydrogen) atoms. The van der Waals surface area contributed by atoms with E-state index in [4.69, 9.17) is 4.74 Å². The number of nitrogens with zero attached hydrogens (tertiary/aromatic N) is 2. The average Bonchev–Trinajstić information content (AvgIpc) is 3.08. The number of benzene rings is 1. The number of fused-ring (bicyclic) bond motifs is 1. The maximum Gasteiger partial charge on any atom is 0.260 e. The van der Waals surface area contributed by atoms with Gasteiger partial charge in [0.25, 0.3) is 11.8 Å². The molecule has 2 atom stereocenters. The fraction of sp³-hybridized carbons (Fsp3) is 0.435. The van der Waals surface area contributed by atoms with E-state index in [-0.39, 0.29) is 61.6 Å². The van der Waals surface area contributed by atoms with E-state index in [9.17, 15) is 24.0 Å². The third-order valence-corrected chi connectivity index (χ3v) is 6.22. The minimum atomic E-state index is -0.718. The van der Waals surface area contributed by atoms with Crippen LogP contribution in [0.1, 0.15) is 35.7 Å². The van der Waals surface area contributed by atoms with Gasteiger partial charge in [-0.15, -0.1) is 6.58 Å². The van der Waals surface area contributed by atoms with E-state index in [2.05, 4.69) is 17.2 Å². The molecule has 2 unspecified atom stereocenters. The second-order valence-electron chi connectivity index (χ2n) is 8.50. The van der Waals surface area contributed by atoms with Crippen LogP contribution in [0.3, 0.4) is 0 Å². The van der Waals surface area contributed by atoms with Crippen LogP contribution in [0, 0.1) is 5.92 Å². The van der Waals surface area contributed by atoms with E-state index < -0.39 is 11.9 Å². The Balaban J connectivity index is 1.34. The van der Waals surface area contributed by atoms with Gasteiger partial charge in [0, 0.05) is 36.7 Å². The highest BCUT2D eigenvalue weighted by atomic mass is 16.5. The van der Waals surface area contributed by atoms with E-state index >= 15 is 0 Å². The van der Waals surface area contributed by atoms with E-state index in [0.717, 1.165) is 0 Å². The summed E-state index contributed by atoms with van der Waals surface area (Å²) in [5.41, 5.74) is 1.03. The molecule has 3 aliphatic heterocycles. The van der Waals surface area contributed by atoms with Crippen molar-refractivity contribution in [1.29, 1.82) is 0 Å². The van der Waals surface area contributed by atoms with E-state index in [0.29, 0.717) is 30.0 Å². The van der Waals surface area contributed by atoms with Crippen LogP contribution in [-0.2, 0) is 25.7 Å². The first-order chi connectivity index (χ1) is 15.8. The van der Waals surface area contributed by atoms with Gasteiger partial charge in [-0.25, -0.2) is 0 Å². The van der Waals surface area contributed by atoms with Crippen molar-refractivity contribution in [3.63, 3.8) is 0 Å². The van der Waals surface area contributed by atoms with Gasteiger partial charge in [-0.1, -0.05) is 12.1 Å². The van der Waals surface area contributed by atoms with Crippen LogP contribution in [0.5, 0.6) is 5.75 Å². The summed E-state index contributed by atoms with van der Waals surface area (Å²) >= 11 is 0. The Morgan fingerprint density at radius 1 is 1.30 bits per heavy atom. The maximum absolute atomic E-state index is 12.9. The second kappa shape index (κ2) is 9.05. The zero-order valence-corrected chi connectivity index (χ0v) is 18.3. The molecule has 2 fully saturated rings. The van der Waals surface area contributed by atoms with E-state index in [1.54, 1.807) is 29.2 Å². The van der Waals surface area contributed by atoms with Crippen LogP contribution in [-0.4, -0.2) is 71.1 Å². The molecular weight excluding hydrogens is 428 g/mol. The zero-order chi connectivity index (χ0) is 23.7. The number of amides is 5. The lowest BCUT2D eigenvalue weighted by Gasteiger charge is -2.38. The molecule has 2 N–H and O–H groups in total. The lowest BCUT2D eigenvalue weighted by atomic mass is 9.99. The number of carbonyl (C=O) groups is 5. The van der Waals surface area contributed by atoms with Crippen LogP contribution in [0.15, 0.2) is 30.9 Å². The smallest absolute Gasteiger partial charge is 0.260 e. The molecule has 3 heterocycles. The van der Waals surface area contributed by atoms with Crippen LogP contribution in [0.4, 0.5) is 0 Å². The lowest BCUT2D eigenvalue weighted by Crippen LogP contribution is -2.57. The summed E-state index contributed by atoms with van der Waals surface area (Å²) in [5.74, 6) is -1.34. The quantitative estimate of drug-likeness (QED) is 0.441. The molecule has 0 aliphatic carbocycles. The van der Waals surface area contributed by atoms with Gasteiger partial charge in [-0.05, 0) is 25.5 Å². The van der Waals surface area contributed by atoms with Crippen molar-refractivity contribution >= 4 is 29.5 Å². The Kier molecular flexibility index (Phi) is 6.17. The number of likely N-dealkylation sites (tertiary alicyclic amines) is 1. The third kappa shape index (κ3) is 4.46. The molecule has 5 amide bonds. The molecule has 0 saturated carbocycles. The first-order valence-corrected chi connectivity index (χ1v) is 10.9. The molecule has 174 valence electrons. The molecule has 1 aromatic carbocycles. The van der Waals surface area contributed by atoms with Crippen molar-refractivity contribution < 1.29 is 28.7 Å². The first kappa shape index (κ1) is 22.5. The Morgan fingerprint density at radius 3 is 2.76 bits per heavy atom. The van der Waals surface area contributed by atoms with E-state index in [1.807, 2.05) is 6.92 Å². The Labute approximate surface area is 190 Å². The van der Waals surface area contributed by atoms with Crippen molar-refractivity contribution in [1.82, 2.24) is 20.4 Å². The molecule has 4 rings (SSSR count). The minimum Gasteiger partial charge on any atom is -0.483 e. The summed E-state index contributed by atoms with van der Waals surface area (Å²) in [5, 5.41) is 5.08. The number of piperidine rings is 1. The predicted octanol–water partition coefficient (Wildman–Crippen LogP) is -0.0245. The van der Waals surface area contributed by atoms with Gasteiger partial charge in [-0.3, -0.25) is 29.3 Å². The number of carbonyl (C=O) groups excluding carboxylic acids is 5. The summed E-state index contributed by atoms with van der Waals surface area (Å²) in [6.45, 7) is 6.05. The van der Waals surface area contributed by atoms with Gasteiger partial charge in [0.2, 0.25) is 17.7 Å². The van der Waals surface area contributed by atoms with Crippen molar-refractivity contribution in [3.8, 4) is 5.75 Å². The van der Waals surface area contributed by atoms with Gasteiger partial charge in [0.15, 0.2) is 6.61 Å². The van der Waals surface area contributed by atoms with Gasteiger partial charge < -0.3 is 19.9 Å². The Hall–Kier alpha value is -3.69. The normalized spacial score (nSPS) is 21.1. The van der Waals surface area contributed by atoms with Crippen LogP contribution in [0.2, 0.25) is 0 Å². The average molecular weight is 454 g/mol. The van der Waals surface area contributed by atoms with Crippen LogP contribution < -0.4 is 15.4 Å². The summed E-state index contributed by atoms with van der Waals surface area (Å²) in [6.07, 6.45) is 2.09. The topological polar surface area (TPSA) is 125 Å². The van der Waals surface area contributed by atoms with Gasteiger partial charge >= 0.3 is 0 Å². The molecule has 0 aromatic heterocycles. The van der Waals surface area contributed by atoms with Gasteiger partial charge in [-0.2, -0.15) is 0 Å². The fourth-order valence-electron chi connectivity index (χ4n) is 4.17. The molecular formula is C23H26N4O6. The monoisotopic (exact) mass is 454 g/mol. The van der Waals surface area contributed by atoms with Gasteiger partial charge in [0.05, 0.1) is 12.5 Å². The number of imide groups is 1. The fourth-order valence-corrected chi connectivity index (χ4v) is 4.17. The molecule has 1 aromatic rings. The summed E-state index contributed by atoms with van der Waals surface area (Å²) in [4.78, 5) is 64.1. The highest BCUT2D eigenvalue weighted by Gasteiger charge is 2.40. The van der Waals surface area contributed by atoms with Crippen LogP contribution >= 0.6 is 0 Å². The highest BCUT2D eigenvalue weighted by molar-refractivity contribution is 6.05. The number of ether oxygens (including phenoxy) is 1. The number of hydrogen-bond acceptors (Lipinski definition) is 6. The zero-order valence-electron chi connectivity index (χ0n) is 18.3. The van der Waals surface area contributed by atoms with Crippen molar-refractivity contribution in [2.75, 3.05) is 19.7 Å². The van der Waals surface area contributed by atoms with Crippen molar-refractivity contribution in [2.24, 2.45) is 5.92 Å². The summed E-state index contributed by atoms with van der Waals surface area (Å²) in [7, 11) is 0. The molecule has 3 aliphatic rings. The van der Waals surface area contributed by atoms with Gasteiger partial charge in [0.1, 0.15) is 11.8 Å². The maximum atomic E-state index is 12.9. The molecule has 10 heteroatoms. The Morgan fingerprint density at radius 2 is 2.06 bits per heavy atom. The molecule has 0 radical (unpaired) electrons. The number of nitrogens with one attached hydrogen (secondary N) is 2. The first-order valence-electron chi connectivity index (χ1n) is 10.9. The number of hydrogen-bond donors (Lipinski definition) is 2. The Bertz CT molecular complexity index is 1030. The SMILES string of the molecule is C=CC(C)NC(=O)C1CN(C(=O)COc2cccc3c2CN(C2CCC(=O)NC2=O)C3=O)C1. The summed E-state index contributed by atoms with van der Waals surface area (Å²) in [6, 6.07) is 4.14. The highest BCUT2D eigenvalue weighted by Crippen LogP contribution is 2.33. The lowest BCUT2D eigenvalue weighted by molar-refractivity contribution is -0.144. The molecule has 0 spiro atoms. The summed E-state index contributed by atoms with van der Waals surface area (Å²) < 4.78 is 5.73. The van der Waals surface area contributed by atoms with Crippen LogP contribution in [0.25, 0.3) is 0 Å². The standard InChI is InChI=1S/C23H26N4O6/c1-3-13(2)24-21(30)14-9-26(10-14)20(29)12-33-18-6-4-5-15-16(18)11-27(23(15)32)17-7-8-19(28)25-22(17)31/h3-6,13-14,17H,1,7-12H2,2H3,(H,24,30)(H,25,28,31).